The molecular formula is C20H26N8O2. The van der Waals surface area contributed by atoms with Gasteiger partial charge in [-0.25, -0.2) is 9.67 Å². The topological polar surface area (TPSA) is 156 Å². The fourth-order valence-electron chi connectivity index (χ4n) is 3.47. The number of aromatic nitrogens is 3. The molecule has 3 rings (SSSR count). The number of carbonyl (C=O) groups excluding carboxylic acids is 2. The summed E-state index contributed by atoms with van der Waals surface area (Å²) in [6.45, 7) is 4.27. The fraction of sp³-hybridized carbons (Fsp3) is 0.350. The van der Waals surface area contributed by atoms with Gasteiger partial charge in [0.05, 0.1) is 23.6 Å². The summed E-state index contributed by atoms with van der Waals surface area (Å²) in [5.74, 6) is -0.428. The summed E-state index contributed by atoms with van der Waals surface area (Å²) >= 11 is 0. The molecule has 158 valence electrons. The van der Waals surface area contributed by atoms with Crippen LogP contribution < -0.4 is 16.8 Å². The molecule has 1 aliphatic heterocycles. The number of allylic oxidation sites excluding steroid dienone is 1. The van der Waals surface area contributed by atoms with Gasteiger partial charge >= 0.3 is 11.8 Å². The van der Waals surface area contributed by atoms with Gasteiger partial charge in [-0.1, -0.05) is 6.92 Å². The molecule has 6 N–H and O–H groups in total. The average molecular weight is 410 g/mol. The van der Waals surface area contributed by atoms with E-state index in [1.807, 2.05) is 6.92 Å². The van der Waals surface area contributed by atoms with E-state index >= 15 is 0 Å². The molecule has 0 spiro atoms. The highest BCUT2D eigenvalue weighted by molar-refractivity contribution is 6.39. The van der Waals surface area contributed by atoms with Crippen molar-refractivity contribution < 1.29 is 9.59 Å². The Morgan fingerprint density at radius 1 is 1.37 bits per heavy atom. The number of nitrogens with one attached hydrogen (secondary N) is 2. The lowest BCUT2D eigenvalue weighted by atomic mass is 9.92. The monoisotopic (exact) mass is 410 g/mol. The predicted molar refractivity (Wildman–Crippen MR) is 114 cm³/mol. The molecule has 0 radical (unpaired) electrons. The van der Waals surface area contributed by atoms with E-state index in [1.54, 1.807) is 30.2 Å². The van der Waals surface area contributed by atoms with Crippen LogP contribution in [0.3, 0.4) is 0 Å². The first-order valence-electron chi connectivity index (χ1n) is 9.66. The van der Waals surface area contributed by atoms with Crippen LogP contribution in [0.2, 0.25) is 0 Å². The van der Waals surface area contributed by atoms with E-state index < -0.39 is 11.8 Å². The molecule has 2 atom stereocenters. The van der Waals surface area contributed by atoms with Crippen molar-refractivity contribution in [2.75, 3.05) is 17.6 Å². The van der Waals surface area contributed by atoms with Crippen molar-refractivity contribution in [1.29, 1.82) is 5.41 Å². The number of anilines is 2. The highest BCUT2D eigenvalue weighted by atomic mass is 16.2. The van der Waals surface area contributed by atoms with Gasteiger partial charge in [-0.2, -0.15) is 5.10 Å². The summed E-state index contributed by atoms with van der Waals surface area (Å²) < 4.78 is 1.45. The van der Waals surface area contributed by atoms with Gasteiger partial charge in [0.25, 0.3) is 0 Å². The third-order valence-corrected chi connectivity index (χ3v) is 5.12. The number of likely N-dealkylation sites (tertiary alicyclic amines) is 1. The minimum atomic E-state index is -0.734. The van der Waals surface area contributed by atoms with Gasteiger partial charge < -0.3 is 27.1 Å². The fourth-order valence-corrected chi connectivity index (χ4v) is 3.47. The molecule has 0 aromatic carbocycles. The number of carbonyl (C=O) groups is 2. The number of amides is 2. The quantitative estimate of drug-likeness (QED) is 0.442. The van der Waals surface area contributed by atoms with Crippen molar-refractivity contribution in [1.82, 2.24) is 19.7 Å². The van der Waals surface area contributed by atoms with Crippen molar-refractivity contribution in [3.05, 3.63) is 41.9 Å². The van der Waals surface area contributed by atoms with E-state index in [9.17, 15) is 9.59 Å². The van der Waals surface area contributed by atoms with Crippen LogP contribution in [0.5, 0.6) is 0 Å². The summed E-state index contributed by atoms with van der Waals surface area (Å²) in [5, 5.41) is 14.2. The maximum Gasteiger partial charge on any atom is 0.313 e. The van der Waals surface area contributed by atoms with Crippen LogP contribution in [0.15, 0.2) is 30.6 Å². The average Bonchev–Trinajstić information content (AvgIpc) is 3.20. The van der Waals surface area contributed by atoms with Gasteiger partial charge in [0.1, 0.15) is 11.6 Å². The predicted octanol–water partition coefficient (Wildman–Crippen LogP) is 1.51. The molecule has 0 bridgehead atoms. The Morgan fingerprint density at radius 3 is 2.83 bits per heavy atom. The van der Waals surface area contributed by atoms with Gasteiger partial charge in [-0.05, 0) is 49.5 Å². The summed E-state index contributed by atoms with van der Waals surface area (Å²) in [6, 6.07) is 3.11. The second-order valence-corrected chi connectivity index (χ2v) is 7.48. The van der Waals surface area contributed by atoms with Crippen LogP contribution in [-0.4, -0.2) is 44.2 Å². The third-order valence-electron chi connectivity index (χ3n) is 5.12. The van der Waals surface area contributed by atoms with Crippen LogP contribution in [0, 0.1) is 18.3 Å². The first kappa shape index (κ1) is 21.0. The molecule has 10 heteroatoms. The van der Waals surface area contributed by atoms with Crippen molar-refractivity contribution in [2.45, 2.75) is 32.7 Å². The lowest BCUT2D eigenvalue weighted by Gasteiger charge is -2.37. The van der Waals surface area contributed by atoms with Crippen molar-refractivity contribution >= 4 is 35.4 Å². The summed E-state index contributed by atoms with van der Waals surface area (Å²) in [7, 11) is 0. The molecule has 2 aromatic rings. The van der Waals surface area contributed by atoms with Crippen molar-refractivity contribution in [3.63, 3.8) is 0 Å². The molecule has 0 saturated carbocycles. The standard InChI is InChI=1S/C20H26N8O2/c1-12-3-4-16(15-6-8-28(26-15)17(22)5-7-21)27(11-12)20(30)19(29)25-14-9-13(2)18(23)24-10-14/h5-10,12,16,21H,3-4,11,22H2,1-2H3,(H2,23,24)(H,25,29)/b17-5+,21-7?/t12-,16+/m1/s1. The smallest absolute Gasteiger partial charge is 0.313 e. The maximum absolute atomic E-state index is 13.0. The Labute approximate surface area is 174 Å². The first-order valence-corrected chi connectivity index (χ1v) is 9.66. The second kappa shape index (κ2) is 8.76. The molecule has 3 heterocycles. The van der Waals surface area contributed by atoms with E-state index in [0.29, 0.717) is 41.5 Å². The molecule has 1 fully saturated rings. The number of nitrogens with zero attached hydrogens (tertiary/aromatic N) is 4. The number of piperidine rings is 1. The number of pyridine rings is 1. The minimum Gasteiger partial charge on any atom is -0.384 e. The molecule has 2 aromatic heterocycles. The number of nitrogens with two attached hydrogens (primary N) is 2. The number of rotatable bonds is 4. The number of aryl methyl sites for hydroxylation is 1. The van der Waals surface area contributed by atoms with Crippen LogP contribution in [-0.2, 0) is 9.59 Å². The van der Waals surface area contributed by atoms with E-state index in [0.717, 1.165) is 12.6 Å². The minimum absolute atomic E-state index is 0.267. The van der Waals surface area contributed by atoms with Gasteiger partial charge in [-0.3, -0.25) is 9.59 Å². The summed E-state index contributed by atoms with van der Waals surface area (Å²) in [5.41, 5.74) is 13.3. The maximum atomic E-state index is 13.0. The molecule has 1 saturated heterocycles. The molecule has 2 amide bonds. The molecule has 30 heavy (non-hydrogen) atoms. The zero-order valence-electron chi connectivity index (χ0n) is 17.0. The van der Waals surface area contributed by atoms with Crippen molar-refractivity contribution in [3.8, 4) is 0 Å². The van der Waals surface area contributed by atoms with Gasteiger partial charge in [0.2, 0.25) is 0 Å². The van der Waals surface area contributed by atoms with Gasteiger partial charge in [0, 0.05) is 19.0 Å². The van der Waals surface area contributed by atoms with E-state index in [-0.39, 0.29) is 12.0 Å². The zero-order valence-corrected chi connectivity index (χ0v) is 17.0. The first-order chi connectivity index (χ1) is 14.3. The Morgan fingerprint density at radius 2 is 2.13 bits per heavy atom. The van der Waals surface area contributed by atoms with Crippen LogP contribution in [0.25, 0.3) is 5.82 Å². The highest BCUT2D eigenvalue weighted by Gasteiger charge is 2.35. The van der Waals surface area contributed by atoms with E-state index in [2.05, 4.69) is 15.4 Å². The Balaban J connectivity index is 1.80. The van der Waals surface area contributed by atoms with Gasteiger partial charge in [0.15, 0.2) is 0 Å². The lowest BCUT2D eigenvalue weighted by molar-refractivity contribution is -0.146. The summed E-state index contributed by atoms with van der Waals surface area (Å²) in [6.07, 6.45) is 7.19. The van der Waals surface area contributed by atoms with Crippen LogP contribution in [0.1, 0.15) is 37.1 Å². The number of hydrogen-bond donors (Lipinski definition) is 4. The second-order valence-electron chi connectivity index (χ2n) is 7.48. The molecule has 10 nitrogen and oxygen atoms in total. The van der Waals surface area contributed by atoms with Crippen molar-refractivity contribution in [2.24, 2.45) is 11.7 Å². The highest BCUT2D eigenvalue weighted by Crippen LogP contribution is 2.32. The molecular weight excluding hydrogens is 384 g/mol. The Hall–Kier alpha value is -3.69. The Bertz CT molecular complexity index is 996. The SMILES string of the molecule is Cc1cc(NC(=O)C(=O)N2C[C@H](C)CC[C@H]2c2ccn(/C(N)=C/C=N)n2)cnc1N. The van der Waals surface area contributed by atoms with E-state index in [4.69, 9.17) is 16.9 Å². The normalized spacial score (nSPS) is 19.4. The van der Waals surface area contributed by atoms with Crippen LogP contribution >= 0.6 is 0 Å². The molecule has 1 aliphatic rings. The van der Waals surface area contributed by atoms with Crippen LogP contribution in [0.4, 0.5) is 11.5 Å². The van der Waals surface area contributed by atoms with E-state index in [1.165, 1.54) is 17.0 Å². The number of nitrogen functional groups attached to an aromatic ring is 1. The molecule has 0 aliphatic carbocycles. The third kappa shape index (κ3) is 4.48. The zero-order chi connectivity index (χ0) is 21.8. The van der Waals surface area contributed by atoms with Gasteiger partial charge in [-0.15, -0.1) is 0 Å². The Kier molecular flexibility index (Phi) is 6.14. The molecule has 0 unspecified atom stereocenters. The largest absolute Gasteiger partial charge is 0.384 e. The summed E-state index contributed by atoms with van der Waals surface area (Å²) in [4.78, 5) is 31.2. The lowest BCUT2D eigenvalue weighted by Crippen LogP contribution is -2.46. The number of hydrogen-bond acceptors (Lipinski definition) is 7.